The zero-order chi connectivity index (χ0) is 29.2. The minimum absolute atomic E-state index is 0. The molecule has 6 rings (SSSR count). The molecule has 1 unspecified atom stereocenters. The average molecular weight is 602 g/mol. The van der Waals surface area contributed by atoms with Gasteiger partial charge in [0.25, 0.3) is 0 Å². The number of rotatable bonds is 7. The Bertz CT molecular complexity index is 1540. The van der Waals surface area contributed by atoms with E-state index in [0.29, 0.717) is 44.8 Å². The van der Waals surface area contributed by atoms with Crippen molar-refractivity contribution >= 4 is 41.7 Å². The van der Waals surface area contributed by atoms with E-state index in [9.17, 15) is 15.2 Å². The van der Waals surface area contributed by atoms with E-state index in [1.165, 1.54) is 6.08 Å². The molecule has 3 aliphatic heterocycles. The van der Waals surface area contributed by atoms with Gasteiger partial charge in [-0.1, -0.05) is 30.8 Å². The molecule has 1 amide bonds. The van der Waals surface area contributed by atoms with Crippen LogP contribution in [-0.2, 0) is 17.8 Å². The van der Waals surface area contributed by atoms with E-state index >= 15 is 0 Å². The number of phenolic OH excluding ortho intramolecular Hbond substituents is 1. The topological polar surface area (TPSA) is 109 Å². The van der Waals surface area contributed by atoms with Crippen LogP contribution in [0.15, 0.2) is 49.1 Å². The Labute approximate surface area is 259 Å². The highest BCUT2D eigenvalue weighted by Gasteiger charge is 2.33. The molecule has 2 fully saturated rings. The lowest BCUT2D eigenvalue weighted by molar-refractivity contribution is -0.128. The standard InChI is InChI=1S/C32H37N7O3.H2S/c1-3-30(41)39-16-15-38(19-23(39)10-12-33)31-27-11-14-37(29-18-25(40)17-22-7-4-5-9-26(22)29)20-28(27)34-32(35-31)42-21-24-8-6-13-36(24)2;/h3-5,7,9,17-18,23-24,40H,1,6,8,10-11,13-16,19-21H2,2H3;1H2/t23?,24-;/m0./s1. The first-order chi connectivity index (χ1) is 20.4. The van der Waals surface area contributed by atoms with E-state index in [4.69, 9.17) is 14.7 Å². The number of aromatic nitrogens is 2. The highest BCUT2D eigenvalue weighted by Crippen LogP contribution is 2.37. The summed E-state index contributed by atoms with van der Waals surface area (Å²) in [5, 5.41) is 22.1. The van der Waals surface area contributed by atoms with Gasteiger partial charge in [0.15, 0.2) is 0 Å². The molecule has 1 N–H and O–H groups in total. The van der Waals surface area contributed by atoms with Crippen molar-refractivity contribution in [3.63, 3.8) is 0 Å². The van der Waals surface area contributed by atoms with Crippen molar-refractivity contribution in [2.45, 2.75) is 44.3 Å². The lowest BCUT2D eigenvalue weighted by Crippen LogP contribution is -2.55. The van der Waals surface area contributed by atoms with Crippen molar-refractivity contribution in [1.29, 1.82) is 5.26 Å². The van der Waals surface area contributed by atoms with Gasteiger partial charge in [0.2, 0.25) is 5.91 Å². The summed E-state index contributed by atoms with van der Waals surface area (Å²) in [5.41, 5.74) is 2.94. The molecule has 0 bridgehead atoms. The lowest BCUT2D eigenvalue weighted by atomic mass is 10.0. The van der Waals surface area contributed by atoms with Crippen molar-refractivity contribution in [2.24, 2.45) is 0 Å². The first-order valence-corrected chi connectivity index (χ1v) is 14.7. The van der Waals surface area contributed by atoms with Crippen LogP contribution in [0.4, 0.5) is 11.5 Å². The largest absolute Gasteiger partial charge is 0.508 e. The maximum Gasteiger partial charge on any atom is 0.318 e. The van der Waals surface area contributed by atoms with Crippen molar-refractivity contribution in [1.82, 2.24) is 19.8 Å². The second-order valence-corrected chi connectivity index (χ2v) is 11.4. The molecule has 0 aliphatic carbocycles. The van der Waals surface area contributed by atoms with Gasteiger partial charge >= 0.3 is 6.01 Å². The summed E-state index contributed by atoms with van der Waals surface area (Å²) in [6.07, 6.45) is 4.51. The summed E-state index contributed by atoms with van der Waals surface area (Å²) in [6.45, 7) is 8.10. The molecular weight excluding hydrogens is 562 g/mol. The van der Waals surface area contributed by atoms with Gasteiger partial charge < -0.3 is 29.4 Å². The molecule has 0 spiro atoms. The van der Waals surface area contributed by atoms with Crippen molar-refractivity contribution in [2.75, 3.05) is 56.2 Å². The van der Waals surface area contributed by atoms with E-state index in [0.717, 1.165) is 65.9 Å². The van der Waals surface area contributed by atoms with Gasteiger partial charge in [-0.25, -0.2) is 0 Å². The fourth-order valence-corrected chi connectivity index (χ4v) is 6.55. The van der Waals surface area contributed by atoms with Crippen molar-refractivity contribution in [3.8, 4) is 17.8 Å². The fourth-order valence-electron chi connectivity index (χ4n) is 6.55. The number of hydrogen-bond donors (Lipinski definition) is 1. The smallest absolute Gasteiger partial charge is 0.318 e. The number of benzene rings is 2. The Morgan fingerprint density at radius 1 is 1.16 bits per heavy atom. The summed E-state index contributed by atoms with van der Waals surface area (Å²) in [7, 11) is 2.12. The van der Waals surface area contributed by atoms with Gasteiger partial charge in [-0.2, -0.15) is 28.7 Å². The van der Waals surface area contributed by atoms with E-state index in [1.54, 1.807) is 11.0 Å². The number of phenols is 1. The van der Waals surface area contributed by atoms with E-state index in [1.807, 2.05) is 24.3 Å². The number of carbonyl (C=O) groups is 1. The summed E-state index contributed by atoms with van der Waals surface area (Å²) >= 11 is 0. The molecular formula is C32H39N7O3S. The number of ether oxygens (including phenoxy) is 1. The van der Waals surface area contributed by atoms with Crippen LogP contribution in [0.25, 0.3) is 10.8 Å². The Morgan fingerprint density at radius 3 is 2.77 bits per heavy atom. The molecule has 2 saturated heterocycles. The number of nitriles is 1. The Kier molecular flexibility index (Phi) is 9.28. The van der Waals surface area contributed by atoms with Crippen molar-refractivity contribution < 1.29 is 14.6 Å². The fraction of sp³-hybridized carbons (Fsp3) is 0.438. The van der Waals surface area contributed by atoms with Crippen molar-refractivity contribution in [3.05, 3.63) is 60.3 Å². The normalized spacial score (nSPS) is 20.3. The molecule has 2 atom stereocenters. The van der Waals surface area contributed by atoms with E-state index in [-0.39, 0.29) is 37.6 Å². The van der Waals surface area contributed by atoms with Gasteiger partial charge in [-0.05, 0) is 50.4 Å². The molecule has 3 aromatic rings. The number of likely N-dealkylation sites (tertiary alicyclic amines) is 1. The summed E-state index contributed by atoms with van der Waals surface area (Å²) in [6, 6.07) is 14.4. The van der Waals surface area contributed by atoms with Crippen LogP contribution >= 0.6 is 13.5 Å². The Hall–Kier alpha value is -4.01. The van der Waals surface area contributed by atoms with Gasteiger partial charge in [0.05, 0.1) is 30.8 Å². The summed E-state index contributed by atoms with van der Waals surface area (Å²) < 4.78 is 6.26. The van der Waals surface area contributed by atoms with Crippen LogP contribution in [-0.4, -0.2) is 89.2 Å². The predicted octanol–water partition coefficient (Wildman–Crippen LogP) is 3.60. The van der Waals surface area contributed by atoms with Crippen LogP contribution in [0.2, 0.25) is 0 Å². The van der Waals surface area contributed by atoms with Crippen LogP contribution in [0.1, 0.15) is 30.5 Å². The molecule has 43 heavy (non-hydrogen) atoms. The maximum absolute atomic E-state index is 12.5. The summed E-state index contributed by atoms with van der Waals surface area (Å²) in [5.74, 6) is 0.903. The summed E-state index contributed by atoms with van der Waals surface area (Å²) in [4.78, 5) is 30.9. The minimum atomic E-state index is -0.255. The minimum Gasteiger partial charge on any atom is -0.508 e. The van der Waals surface area contributed by atoms with Gasteiger partial charge in [0, 0.05) is 54.9 Å². The second-order valence-electron chi connectivity index (χ2n) is 11.4. The monoisotopic (exact) mass is 601 g/mol. The molecule has 226 valence electrons. The second kappa shape index (κ2) is 13.1. The Balaban J connectivity index is 0.00000368. The SMILES string of the molecule is C=CC(=O)N1CCN(c2nc(OC[C@@H]3CCCN3C)nc3c2CCN(c2cc(O)cc4ccccc24)C3)CC1CC#N.S. The van der Waals surface area contributed by atoms with E-state index in [2.05, 4.69) is 40.5 Å². The van der Waals surface area contributed by atoms with E-state index < -0.39 is 0 Å². The zero-order valence-electron chi connectivity index (χ0n) is 24.6. The highest BCUT2D eigenvalue weighted by molar-refractivity contribution is 7.59. The number of likely N-dealkylation sites (N-methyl/N-ethyl adjacent to an activating group) is 1. The first-order valence-electron chi connectivity index (χ1n) is 14.7. The molecule has 0 radical (unpaired) electrons. The lowest BCUT2D eigenvalue weighted by Gasteiger charge is -2.42. The molecule has 2 aromatic carbocycles. The highest BCUT2D eigenvalue weighted by atomic mass is 32.1. The third-order valence-corrected chi connectivity index (χ3v) is 8.83. The van der Waals surface area contributed by atoms with Gasteiger partial charge in [-0.3, -0.25) is 4.79 Å². The zero-order valence-corrected chi connectivity index (χ0v) is 25.6. The van der Waals surface area contributed by atoms with Crippen LogP contribution in [0.3, 0.4) is 0 Å². The molecule has 11 heteroatoms. The van der Waals surface area contributed by atoms with Crippen LogP contribution in [0.5, 0.6) is 11.8 Å². The molecule has 4 heterocycles. The number of aromatic hydroxyl groups is 1. The third-order valence-electron chi connectivity index (χ3n) is 8.83. The predicted molar refractivity (Wildman–Crippen MR) is 172 cm³/mol. The van der Waals surface area contributed by atoms with Gasteiger partial charge in [0.1, 0.15) is 18.2 Å². The van der Waals surface area contributed by atoms with Crippen LogP contribution < -0.4 is 14.5 Å². The molecule has 0 saturated carbocycles. The molecule has 3 aliphatic rings. The number of nitrogens with zero attached hydrogens (tertiary/aromatic N) is 7. The Morgan fingerprint density at radius 2 is 2.00 bits per heavy atom. The molecule has 1 aromatic heterocycles. The first kappa shape index (κ1) is 30.4. The number of piperazine rings is 1. The quantitative estimate of drug-likeness (QED) is 0.407. The average Bonchev–Trinajstić information content (AvgIpc) is 3.42. The number of carbonyl (C=O) groups excluding carboxylic acids is 1. The third kappa shape index (κ3) is 6.21. The number of amides is 1. The molecule has 10 nitrogen and oxygen atoms in total. The van der Waals surface area contributed by atoms with Crippen LogP contribution in [0, 0.1) is 11.3 Å². The number of anilines is 2. The maximum atomic E-state index is 12.5. The number of fused-ring (bicyclic) bond motifs is 2. The number of hydrogen-bond acceptors (Lipinski definition) is 9. The van der Waals surface area contributed by atoms with Gasteiger partial charge in [-0.15, -0.1) is 0 Å².